The number of urea groups is 1. The fourth-order valence-electron chi connectivity index (χ4n) is 2.03. The van der Waals surface area contributed by atoms with E-state index in [4.69, 9.17) is 0 Å². The number of carbonyl (C=O) groups excluding carboxylic acids is 1. The smallest absolute Gasteiger partial charge is 0.315 e. The SMILES string of the molecule is O=C1NC2CCCCCC2N1. The third-order valence-corrected chi connectivity index (χ3v) is 2.65. The zero-order chi connectivity index (χ0) is 7.68. The third-order valence-electron chi connectivity index (χ3n) is 2.65. The van der Waals surface area contributed by atoms with Crippen molar-refractivity contribution in [2.75, 3.05) is 0 Å². The van der Waals surface area contributed by atoms with E-state index in [0.29, 0.717) is 12.1 Å². The van der Waals surface area contributed by atoms with Gasteiger partial charge >= 0.3 is 6.03 Å². The van der Waals surface area contributed by atoms with Crippen LogP contribution >= 0.6 is 0 Å². The molecule has 3 nitrogen and oxygen atoms in total. The van der Waals surface area contributed by atoms with E-state index < -0.39 is 0 Å². The number of hydrogen-bond donors (Lipinski definition) is 2. The second kappa shape index (κ2) is 2.72. The van der Waals surface area contributed by atoms with Gasteiger partial charge in [-0.1, -0.05) is 19.3 Å². The largest absolute Gasteiger partial charge is 0.333 e. The molecule has 11 heavy (non-hydrogen) atoms. The number of carbonyl (C=O) groups is 1. The van der Waals surface area contributed by atoms with E-state index in [0.717, 1.165) is 12.8 Å². The standard InChI is InChI=1S/C8H14N2O/c11-8-9-6-4-2-1-3-5-7(6)10-8/h6-7H,1-5H2,(H2,9,10,11). The Hall–Kier alpha value is -0.730. The first kappa shape index (κ1) is 6.95. The average molecular weight is 154 g/mol. The fraction of sp³-hybridized carbons (Fsp3) is 0.875. The molecule has 2 unspecified atom stereocenters. The Labute approximate surface area is 66.5 Å². The lowest BCUT2D eigenvalue weighted by Crippen LogP contribution is -2.31. The van der Waals surface area contributed by atoms with Crippen molar-refractivity contribution in [3.63, 3.8) is 0 Å². The monoisotopic (exact) mass is 154 g/mol. The van der Waals surface area contributed by atoms with Gasteiger partial charge in [-0.15, -0.1) is 0 Å². The highest BCUT2D eigenvalue weighted by atomic mass is 16.2. The number of rotatable bonds is 0. The molecule has 0 aromatic heterocycles. The Morgan fingerprint density at radius 1 is 1.00 bits per heavy atom. The van der Waals surface area contributed by atoms with Crippen LogP contribution in [0.1, 0.15) is 32.1 Å². The summed E-state index contributed by atoms with van der Waals surface area (Å²) in [6.07, 6.45) is 6.17. The van der Waals surface area contributed by atoms with Crippen molar-refractivity contribution in [1.29, 1.82) is 0 Å². The molecular formula is C8H14N2O. The number of nitrogens with one attached hydrogen (secondary N) is 2. The van der Waals surface area contributed by atoms with Crippen molar-refractivity contribution in [2.45, 2.75) is 44.2 Å². The van der Waals surface area contributed by atoms with E-state index >= 15 is 0 Å². The lowest BCUT2D eigenvalue weighted by molar-refractivity contribution is 0.246. The van der Waals surface area contributed by atoms with Crippen molar-refractivity contribution >= 4 is 6.03 Å². The second-order valence-corrected chi connectivity index (χ2v) is 3.47. The first-order valence-corrected chi connectivity index (χ1v) is 4.43. The lowest BCUT2D eigenvalue weighted by Gasteiger charge is -2.13. The number of amides is 2. The summed E-state index contributed by atoms with van der Waals surface area (Å²) in [6.45, 7) is 0. The molecule has 0 aromatic carbocycles. The van der Waals surface area contributed by atoms with E-state index in [2.05, 4.69) is 10.6 Å². The van der Waals surface area contributed by atoms with Crippen LogP contribution in [0.15, 0.2) is 0 Å². The molecule has 2 aliphatic rings. The minimum Gasteiger partial charge on any atom is -0.333 e. The van der Waals surface area contributed by atoms with Crippen molar-refractivity contribution in [3.05, 3.63) is 0 Å². The van der Waals surface area contributed by atoms with Gasteiger partial charge in [-0.2, -0.15) is 0 Å². The highest BCUT2D eigenvalue weighted by Crippen LogP contribution is 2.20. The van der Waals surface area contributed by atoms with Crippen molar-refractivity contribution < 1.29 is 4.79 Å². The first-order valence-electron chi connectivity index (χ1n) is 4.43. The fourth-order valence-corrected chi connectivity index (χ4v) is 2.03. The van der Waals surface area contributed by atoms with Crippen LogP contribution in [-0.2, 0) is 0 Å². The minimum absolute atomic E-state index is 0.0295. The van der Waals surface area contributed by atoms with Crippen LogP contribution in [0.25, 0.3) is 0 Å². The van der Waals surface area contributed by atoms with Crippen molar-refractivity contribution in [3.8, 4) is 0 Å². The van der Waals surface area contributed by atoms with Crippen LogP contribution in [0.2, 0.25) is 0 Å². The van der Waals surface area contributed by atoms with E-state index in [1.165, 1.54) is 19.3 Å². The van der Waals surface area contributed by atoms with E-state index in [9.17, 15) is 4.79 Å². The van der Waals surface area contributed by atoms with Gasteiger partial charge in [0.25, 0.3) is 0 Å². The number of hydrogen-bond acceptors (Lipinski definition) is 1. The Bertz CT molecular complexity index is 153. The molecule has 0 bridgehead atoms. The Morgan fingerprint density at radius 2 is 1.55 bits per heavy atom. The molecule has 2 atom stereocenters. The van der Waals surface area contributed by atoms with Crippen LogP contribution in [0.4, 0.5) is 4.79 Å². The zero-order valence-electron chi connectivity index (χ0n) is 6.60. The molecule has 1 saturated heterocycles. The summed E-state index contributed by atoms with van der Waals surface area (Å²) in [5.74, 6) is 0. The summed E-state index contributed by atoms with van der Waals surface area (Å²) in [5.41, 5.74) is 0. The molecule has 2 fully saturated rings. The van der Waals surface area contributed by atoms with Gasteiger partial charge < -0.3 is 10.6 Å². The predicted octanol–water partition coefficient (Wildman–Crippen LogP) is 1.00. The van der Waals surface area contributed by atoms with Gasteiger partial charge in [0.15, 0.2) is 0 Å². The molecule has 1 aliphatic heterocycles. The second-order valence-electron chi connectivity index (χ2n) is 3.47. The molecule has 1 aliphatic carbocycles. The van der Waals surface area contributed by atoms with Crippen LogP contribution in [0.5, 0.6) is 0 Å². The van der Waals surface area contributed by atoms with Crippen LogP contribution in [0, 0.1) is 0 Å². The van der Waals surface area contributed by atoms with E-state index in [-0.39, 0.29) is 6.03 Å². The topological polar surface area (TPSA) is 41.1 Å². The Kier molecular flexibility index (Phi) is 1.72. The maximum absolute atomic E-state index is 10.9. The highest BCUT2D eigenvalue weighted by molar-refractivity contribution is 5.77. The van der Waals surface area contributed by atoms with Gasteiger partial charge in [-0.05, 0) is 12.8 Å². The molecule has 0 radical (unpaired) electrons. The van der Waals surface area contributed by atoms with E-state index in [1.54, 1.807) is 0 Å². The van der Waals surface area contributed by atoms with Crippen LogP contribution in [-0.4, -0.2) is 18.1 Å². The zero-order valence-corrected chi connectivity index (χ0v) is 6.60. The number of fused-ring (bicyclic) bond motifs is 1. The van der Waals surface area contributed by atoms with Gasteiger partial charge in [0, 0.05) is 0 Å². The molecular weight excluding hydrogens is 140 g/mol. The molecule has 62 valence electrons. The molecule has 2 N–H and O–H groups in total. The maximum Gasteiger partial charge on any atom is 0.315 e. The average Bonchev–Trinajstić information content (AvgIpc) is 2.17. The van der Waals surface area contributed by atoms with Gasteiger partial charge in [0.2, 0.25) is 0 Å². The maximum atomic E-state index is 10.9. The molecule has 2 amide bonds. The van der Waals surface area contributed by atoms with Crippen LogP contribution in [0.3, 0.4) is 0 Å². The quantitative estimate of drug-likeness (QED) is 0.537. The van der Waals surface area contributed by atoms with Gasteiger partial charge in [-0.3, -0.25) is 0 Å². The van der Waals surface area contributed by atoms with Gasteiger partial charge in [-0.25, -0.2) is 4.79 Å². The highest BCUT2D eigenvalue weighted by Gasteiger charge is 2.31. The Morgan fingerprint density at radius 3 is 2.09 bits per heavy atom. The molecule has 0 spiro atoms. The van der Waals surface area contributed by atoms with Crippen molar-refractivity contribution in [1.82, 2.24) is 10.6 Å². The molecule has 1 saturated carbocycles. The summed E-state index contributed by atoms with van der Waals surface area (Å²) in [4.78, 5) is 10.9. The van der Waals surface area contributed by atoms with Crippen LogP contribution < -0.4 is 10.6 Å². The molecule has 2 rings (SSSR count). The lowest BCUT2D eigenvalue weighted by atomic mass is 10.1. The normalized spacial score (nSPS) is 36.9. The summed E-state index contributed by atoms with van der Waals surface area (Å²) in [6, 6.07) is 0.872. The summed E-state index contributed by atoms with van der Waals surface area (Å²) in [7, 11) is 0. The Balaban J connectivity index is 2.01. The first-order chi connectivity index (χ1) is 5.36. The summed E-state index contributed by atoms with van der Waals surface area (Å²) >= 11 is 0. The summed E-state index contributed by atoms with van der Waals surface area (Å²) in [5, 5.41) is 5.89. The van der Waals surface area contributed by atoms with Crippen molar-refractivity contribution in [2.24, 2.45) is 0 Å². The molecule has 3 heteroatoms. The minimum atomic E-state index is 0.0295. The molecule has 0 aromatic rings. The molecule has 1 heterocycles. The third kappa shape index (κ3) is 1.32. The van der Waals surface area contributed by atoms with Gasteiger partial charge in [0.05, 0.1) is 12.1 Å². The predicted molar refractivity (Wildman–Crippen MR) is 42.3 cm³/mol. The van der Waals surface area contributed by atoms with Gasteiger partial charge in [0.1, 0.15) is 0 Å². The summed E-state index contributed by atoms with van der Waals surface area (Å²) < 4.78 is 0. The van der Waals surface area contributed by atoms with E-state index in [1.807, 2.05) is 0 Å².